The summed E-state index contributed by atoms with van der Waals surface area (Å²) in [6, 6.07) is 65.0. The van der Waals surface area contributed by atoms with Crippen molar-refractivity contribution in [1.29, 1.82) is 0 Å². The number of hydrogen-bond acceptors (Lipinski definition) is 2. The van der Waals surface area contributed by atoms with Gasteiger partial charge in [0.15, 0.2) is 0 Å². The van der Waals surface area contributed by atoms with Gasteiger partial charge < -0.3 is 9.32 Å². The maximum Gasteiger partial charge on any atom is 0.143 e. The Balaban J connectivity index is 0.865. The predicted octanol–water partition coefficient (Wildman–Crippen LogP) is 17.2. The summed E-state index contributed by atoms with van der Waals surface area (Å²) >= 11 is 0. The van der Waals surface area contributed by atoms with Crippen LogP contribution in [0.15, 0.2) is 180 Å². The van der Waals surface area contributed by atoms with Crippen molar-refractivity contribution < 1.29 is 4.42 Å². The standard InChI is InChI=1S/C60H49NO/c1-2-7-38(8-3-1)40-25-31-48(32-26-40)61(49-33-27-41(28-34-49)39-13-15-42(16-14-39)51-10-6-11-53-52-9-4-5-12-56(52)62-60(51)53)50-35-29-47(30-36-50)59-57-45-21-17-43(18-22-45)54(57)37-55-44-19-23-46(24-20-44)58(55)59/h1-16,25-37,43-46H,17-24H2. The summed E-state index contributed by atoms with van der Waals surface area (Å²) in [5, 5.41) is 2.31. The lowest BCUT2D eigenvalue weighted by Crippen LogP contribution is -2.28. The van der Waals surface area contributed by atoms with E-state index >= 15 is 0 Å². The van der Waals surface area contributed by atoms with Crippen molar-refractivity contribution in [2.45, 2.75) is 75.0 Å². The second kappa shape index (κ2) is 14.5. The molecule has 0 amide bonds. The van der Waals surface area contributed by atoms with Crippen LogP contribution in [0.3, 0.4) is 0 Å². The van der Waals surface area contributed by atoms with Crippen LogP contribution in [0, 0.1) is 0 Å². The lowest BCUT2D eigenvalue weighted by Gasteiger charge is -2.46. The minimum atomic E-state index is 0.718. The monoisotopic (exact) mass is 799 g/mol. The van der Waals surface area contributed by atoms with Crippen LogP contribution in [-0.2, 0) is 0 Å². The normalized spacial score (nSPS) is 19.7. The van der Waals surface area contributed by atoms with Crippen molar-refractivity contribution in [1.82, 2.24) is 0 Å². The molecule has 4 bridgehead atoms. The number of hydrogen-bond donors (Lipinski definition) is 0. The Morgan fingerprint density at radius 2 is 0.790 bits per heavy atom. The van der Waals surface area contributed by atoms with Gasteiger partial charge in [-0.3, -0.25) is 0 Å². The summed E-state index contributed by atoms with van der Waals surface area (Å²) in [4.78, 5) is 2.43. The van der Waals surface area contributed by atoms with Crippen molar-refractivity contribution in [2.75, 3.05) is 4.90 Å². The fourth-order valence-corrected chi connectivity index (χ4v) is 12.3. The maximum atomic E-state index is 6.38. The van der Waals surface area contributed by atoms with Gasteiger partial charge in [-0.2, -0.15) is 0 Å². The second-order valence-corrected chi connectivity index (χ2v) is 18.6. The lowest BCUT2D eigenvalue weighted by atomic mass is 9.59. The molecule has 6 aliphatic rings. The van der Waals surface area contributed by atoms with Crippen LogP contribution in [0.1, 0.15) is 97.3 Å². The van der Waals surface area contributed by atoms with Crippen molar-refractivity contribution in [3.8, 4) is 44.5 Å². The molecule has 9 aromatic rings. The van der Waals surface area contributed by atoms with E-state index in [1.54, 1.807) is 27.8 Å². The molecule has 0 N–H and O–H groups in total. The van der Waals surface area contributed by atoms with Crippen LogP contribution >= 0.6 is 0 Å². The van der Waals surface area contributed by atoms with Crippen LogP contribution in [0.4, 0.5) is 17.1 Å². The van der Waals surface area contributed by atoms with Crippen molar-refractivity contribution in [2.24, 2.45) is 0 Å². The lowest BCUT2D eigenvalue weighted by molar-refractivity contribution is 0.342. The van der Waals surface area contributed by atoms with E-state index < -0.39 is 0 Å². The fraction of sp³-hybridized carbons (Fsp3) is 0.200. The van der Waals surface area contributed by atoms with Crippen molar-refractivity contribution in [3.05, 3.63) is 198 Å². The molecule has 0 spiro atoms. The van der Waals surface area contributed by atoms with Crippen LogP contribution in [0.5, 0.6) is 0 Å². The van der Waals surface area contributed by atoms with E-state index in [0.717, 1.165) is 68.1 Å². The molecule has 2 nitrogen and oxygen atoms in total. The Morgan fingerprint density at radius 1 is 0.355 bits per heavy atom. The number of benzene rings is 8. The number of para-hydroxylation sites is 2. The van der Waals surface area contributed by atoms with Crippen molar-refractivity contribution >= 4 is 39.0 Å². The van der Waals surface area contributed by atoms with Crippen molar-refractivity contribution in [3.63, 3.8) is 0 Å². The van der Waals surface area contributed by atoms with Gasteiger partial charge in [-0.05, 0) is 179 Å². The third-order valence-corrected chi connectivity index (χ3v) is 15.3. The summed E-state index contributed by atoms with van der Waals surface area (Å²) in [5.41, 5.74) is 22.4. The highest BCUT2D eigenvalue weighted by Gasteiger charge is 2.42. The number of anilines is 3. The SMILES string of the molecule is c1ccc(-c2ccc(N(c3ccc(-c4ccc(-c5cccc6c5oc5ccccc56)cc4)cc3)c3ccc(-c4c5c(cc6c4C4CCC6CC4)C4CCC5CC4)cc3)cc2)cc1. The molecule has 6 aliphatic carbocycles. The van der Waals surface area contributed by atoms with Gasteiger partial charge in [-0.1, -0.05) is 133 Å². The first-order chi connectivity index (χ1) is 30.7. The topological polar surface area (TPSA) is 16.4 Å². The fourth-order valence-electron chi connectivity index (χ4n) is 12.3. The van der Waals surface area contributed by atoms with E-state index in [4.69, 9.17) is 4.42 Å². The molecule has 0 aliphatic heterocycles. The van der Waals surface area contributed by atoms with Gasteiger partial charge in [-0.15, -0.1) is 0 Å². The molecule has 2 saturated carbocycles. The molecule has 2 heteroatoms. The van der Waals surface area contributed by atoms with Gasteiger partial charge in [0, 0.05) is 33.4 Å². The van der Waals surface area contributed by atoms with Gasteiger partial charge in [0.25, 0.3) is 0 Å². The first kappa shape index (κ1) is 36.1. The average Bonchev–Trinajstić information content (AvgIpc) is 3.74. The maximum absolute atomic E-state index is 6.38. The molecule has 1 aromatic heterocycles. The molecule has 0 radical (unpaired) electrons. The number of rotatable bonds is 7. The molecule has 300 valence electrons. The molecule has 0 unspecified atom stereocenters. The van der Waals surface area contributed by atoms with E-state index in [9.17, 15) is 0 Å². The summed E-state index contributed by atoms with van der Waals surface area (Å²) < 4.78 is 6.38. The van der Waals surface area contributed by atoms with Gasteiger partial charge >= 0.3 is 0 Å². The summed E-state index contributed by atoms with van der Waals surface area (Å²) in [6.45, 7) is 0. The highest BCUT2D eigenvalue weighted by Crippen LogP contribution is 2.60. The van der Waals surface area contributed by atoms with Gasteiger partial charge in [0.1, 0.15) is 11.2 Å². The van der Waals surface area contributed by atoms with Crippen LogP contribution in [0.2, 0.25) is 0 Å². The Labute approximate surface area is 364 Å². The number of furan rings is 1. The molecular weight excluding hydrogens is 751 g/mol. The Hall–Kier alpha value is -6.64. The van der Waals surface area contributed by atoms with Gasteiger partial charge in [0.05, 0.1) is 0 Å². The first-order valence-electron chi connectivity index (χ1n) is 23.1. The van der Waals surface area contributed by atoms with Crippen LogP contribution < -0.4 is 4.90 Å². The summed E-state index contributed by atoms with van der Waals surface area (Å²) in [7, 11) is 0. The van der Waals surface area contributed by atoms with E-state index in [0.29, 0.717) is 0 Å². The Kier molecular flexibility index (Phi) is 8.42. The molecule has 15 rings (SSSR count). The van der Waals surface area contributed by atoms with E-state index in [2.05, 4.69) is 175 Å². The van der Waals surface area contributed by atoms with E-state index in [-0.39, 0.29) is 0 Å². The quantitative estimate of drug-likeness (QED) is 0.160. The first-order valence-corrected chi connectivity index (χ1v) is 23.1. The molecule has 62 heavy (non-hydrogen) atoms. The molecular formula is C60H49NO. The highest BCUT2D eigenvalue weighted by atomic mass is 16.3. The smallest absolute Gasteiger partial charge is 0.143 e. The third kappa shape index (κ3) is 5.83. The number of nitrogens with zero attached hydrogens (tertiary/aromatic N) is 1. The molecule has 1 heterocycles. The number of fused-ring (bicyclic) bond motifs is 7. The zero-order chi connectivity index (χ0) is 40.7. The summed E-state index contributed by atoms with van der Waals surface area (Å²) in [6.07, 6.45) is 11.0. The zero-order valence-corrected chi connectivity index (χ0v) is 35.1. The predicted molar refractivity (Wildman–Crippen MR) is 258 cm³/mol. The minimum Gasteiger partial charge on any atom is -0.455 e. The Morgan fingerprint density at radius 3 is 1.35 bits per heavy atom. The van der Waals surface area contributed by atoms with Crippen LogP contribution in [0.25, 0.3) is 66.4 Å². The third-order valence-electron chi connectivity index (χ3n) is 15.3. The molecule has 8 aromatic carbocycles. The molecule has 0 saturated heterocycles. The van der Waals surface area contributed by atoms with Gasteiger partial charge in [-0.25, -0.2) is 0 Å². The zero-order valence-electron chi connectivity index (χ0n) is 35.1. The molecule has 2 fully saturated rings. The minimum absolute atomic E-state index is 0.718. The Bertz CT molecular complexity index is 3060. The van der Waals surface area contributed by atoms with Gasteiger partial charge in [0.2, 0.25) is 0 Å². The average molecular weight is 800 g/mol. The van der Waals surface area contributed by atoms with E-state index in [1.165, 1.54) is 84.9 Å². The largest absolute Gasteiger partial charge is 0.455 e. The van der Waals surface area contributed by atoms with Crippen LogP contribution in [-0.4, -0.2) is 0 Å². The van der Waals surface area contributed by atoms with E-state index in [1.807, 2.05) is 6.07 Å². The second-order valence-electron chi connectivity index (χ2n) is 18.6. The highest BCUT2D eigenvalue weighted by molar-refractivity contribution is 6.09. The molecule has 0 atom stereocenters. The summed E-state index contributed by atoms with van der Waals surface area (Å²) in [5.74, 6) is 2.95.